The van der Waals surface area contributed by atoms with Gasteiger partial charge in [0.2, 0.25) is 5.56 Å². The van der Waals surface area contributed by atoms with Gasteiger partial charge in [0.15, 0.2) is 0 Å². The summed E-state index contributed by atoms with van der Waals surface area (Å²) < 4.78 is 0. The molecule has 3 nitrogen and oxygen atoms in total. The summed E-state index contributed by atoms with van der Waals surface area (Å²) in [6, 6.07) is 4.49. The normalized spacial score (nSPS) is 9.20. The molecule has 52 valence electrons. The number of aliphatic hydroxyl groups is 1. The summed E-state index contributed by atoms with van der Waals surface area (Å²) >= 11 is 0. The Morgan fingerprint density at radius 2 is 2.30 bits per heavy atom. The van der Waals surface area contributed by atoms with Crippen LogP contribution in [0.15, 0.2) is 29.6 Å². The molecule has 0 fully saturated rings. The molecule has 1 rings (SSSR count). The van der Waals surface area contributed by atoms with Crippen molar-refractivity contribution in [3.63, 3.8) is 0 Å². The molecule has 3 heteroatoms. The van der Waals surface area contributed by atoms with Gasteiger partial charge in [-0.05, 0) is 6.07 Å². The van der Waals surface area contributed by atoms with E-state index in [0.717, 1.165) is 0 Å². The summed E-state index contributed by atoms with van der Waals surface area (Å²) in [7, 11) is 0. The van der Waals surface area contributed by atoms with Gasteiger partial charge in [0, 0.05) is 6.07 Å². The number of hydrogen-bond acceptors (Lipinski definition) is 2. The van der Waals surface area contributed by atoms with E-state index in [9.17, 15) is 4.79 Å². The number of hydrogen-bond donors (Lipinski definition) is 2. The molecule has 0 radical (unpaired) electrons. The van der Waals surface area contributed by atoms with Gasteiger partial charge in [0.05, 0.1) is 5.69 Å². The van der Waals surface area contributed by atoms with Crippen LogP contribution in [0.25, 0.3) is 5.76 Å². The van der Waals surface area contributed by atoms with Crippen LogP contribution in [-0.2, 0) is 0 Å². The maximum atomic E-state index is 10.6. The van der Waals surface area contributed by atoms with Gasteiger partial charge in [-0.3, -0.25) is 4.79 Å². The lowest BCUT2D eigenvalue weighted by atomic mass is 10.3. The van der Waals surface area contributed by atoms with Crippen LogP contribution in [0.5, 0.6) is 0 Å². The molecule has 0 saturated heterocycles. The first-order valence-corrected chi connectivity index (χ1v) is 2.78. The van der Waals surface area contributed by atoms with Crippen molar-refractivity contribution < 1.29 is 5.11 Å². The third-order valence-corrected chi connectivity index (χ3v) is 1.08. The van der Waals surface area contributed by atoms with E-state index < -0.39 is 0 Å². The number of nitrogens with one attached hydrogen (secondary N) is 1. The van der Waals surface area contributed by atoms with Gasteiger partial charge in [-0.1, -0.05) is 12.6 Å². The van der Waals surface area contributed by atoms with Crippen molar-refractivity contribution >= 4 is 5.76 Å². The fraction of sp³-hybridized carbons (Fsp3) is 0. The van der Waals surface area contributed by atoms with Gasteiger partial charge in [0.25, 0.3) is 0 Å². The number of aromatic nitrogens is 1. The van der Waals surface area contributed by atoms with Crippen LogP contribution in [0.3, 0.4) is 0 Å². The minimum absolute atomic E-state index is 0.127. The molecule has 10 heavy (non-hydrogen) atoms. The van der Waals surface area contributed by atoms with E-state index >= 15 is 0 Å². The van der Waals surface area contributed by atoms with Gasteiger partial charge >= 0.3 is 0 Å². The summed E-state index contributed by atoms with van der Waals surface area (Å²) in [5.41, 5.74) is 0.111. The quantitative estimate of drug-likeness (QED) is 0.565. The predicted molar refractivity (Wildman–Crippen MR) is 38.7 cm³/mol. The maximum Gasteiger partial charge on any atom is 0.248 e. The van der Waals surface area contributed by atoms with E-state index in [1.807, 2.05) is 0 Å². The summed E-state index contributed by atoms with van der Waals surface area (Å²) in [5, 5.41) is 8.78. The van der Waals surface area contributed by atoms with E-state index in [-0.39, 0.29) is 11.3 Å². The van der Waals surface area contributed by atoms with Gasteiger partial charge in [-0.15, -0.1) is 0 Å². The number of aliphatic hydroxyl groups excluding tert-OH is 1. The SMILES string of the molecule is C=C(O)c1cccc(=O)[nH]1. The Morgan fingerprint density at radius 1 is 1.60 bits per heavy atom. The second-order valence-electron chi connectivity index (χ2n) is 1.88. The smallest absolute Gasteiger partial charge is 0.248 e. The largest absolute Gasteiger partial charge is 0.506 e. The van der Waals surface area contributed by atoms with Crippen LogP contribution in [0.1, 0.15) is 5.69 Å². The van der Waals surface area contributed by atoms with Crippen molar-refractivity contribution in [3.8, 4) is 0 Å². The van der Waals surface area contributed by atoms with E-state index in [4.69, 9.17) is 5.11 Å². The van der Waals surface area contributed by atoms with E-state index in [2.05, 4.69) is 11.6 Å². The zero-order valence-electron chi connectivity index (χ0n) is 5.29. The molecule has 0 spiro atoms. The van der Waals surface area contributed by atoms with E-state index in [0.29, 0.717) is 5.69 Å². The minimum atomic E-state index is -0.243. The average Bonchev–Trinajstić information content (AvgIpc) is 1.88. The van der Waals surface area contributed by atoms with Crippen LogP contribution >= 0.6 is 0 Å². The molecule has 0 aromatic carbocycles. The topological polar surface area (TPSA) is 53.1 Å². The molecule has 1 aromatic rings. The highest BCUT2D eigenvalue weighted by molar-refractivity contribution is 5.50. The minimum Gasteiger partial charge on any atom is -0.506 e. The van der Waals surface area contributed by atoms with E-state index in [1.165, 1.54) is 6.07 Å². The van der Waals surface area contributed by atoms with Crippen LogP contribution in [0.2, 0.25) is 0 Å². The molecule has 0 atom stereocenters. The molecule has 0 amide bonds. The highest BCUT2D eigenvalue weighted by Gasteiger charge is 1.92. The number of aromatic amines is 1. The predicted octanol–water partition coefficient (Wildman–Crippen LogP) is 0.904. The fourth-order valence-corrected chi connectivity index (χ4v) is 0.616. The highest BCUT2D eigenvalue weighted by Crippen LogP contribution is 1.99. The summed E-state index contributed by atoms with van der Waals surface area (Å²) in [6.45, 7) is 3.25. The van der Waals surface area contributed by atoms with Gasteiger partial charge in [-0.25, -0.2) is 0 Å². The Hall–Kier alpha value is -1.51. The molecule has 0 aliphatic carbocycles. The van der Waals surface area contributed by atoms with Crippen molar-refractivity contribution in [2.75, 3.05) is 0 Å². The van der Waals surface area contributed by atoms with Crippen molar-refractivity contribution in [1.29, 1.82) is 0 Å². The highest BCUT2D eigenvalue weighted by atomic mass is 16.3. The fourth-order valence-electron chi connectivity index (χ4n) is 0.616. The summed E-state index contributed by atoms with van der Waals surface area (Å²) in [6.07, 6.45) is 0. The van der Waals surface area contributed by atoms with Crippen LogP contribution in [0.4, 0.5) is 0 Å². The molecule has 0 saturated carbocycles. The Labute approximate surface area is 57.6 Å². The van der Waals surface area contributed by atoms with E-state index in [1.54, 1.807) is 12.1 Å². The van der Waals surface area contributed by atoms with Crippen LogP contribution in [0, 0.1) is 0 Å². The van der Waals surface area contributed by atoms with Crippen LogP contribution < -0.4 is 5.56 Å². The number of H-pyrrole nitrogens is 1. The number of pyridine rings is 1. The average molecular weight is 137 g/mol. The van der Waals surface area contributed by atoms with Crippen molar-refractivity contribution in [3.05, 3.63) is 40.8 Å². The first-order chi connectivity index (χ1) is 4.70. The third kappa shape index (κ3) is 1.25. The Bertz CT molecular complexity index is 300. The molecule has 2 N–H and O–H groups in total. The zero-order valence-corrected chi connectivity index (χ0v) is 5.29. The molecule has 0 aliphatic rings. The van der Waals surface area contributed by atoms with Crippen molar-refractivity contribution in [2.45, 2.75) is 0 Å². The van der Waals surface area contributed by atoms with Crippen molar-refractivity contribution in [2.24, 2.45) is 0 Å². The van der Waals surface area contributed by atoms with Gasteiger partial charge in [0.1, 0.15) is 5.76 Å². The zero-order chi connectivity index (χ0) is 7.56. The number of rotatable bonds is 1. The monoisotopic (exact) mass is 137 g/mol. The Morgan fingerprint density at radius 3 is 2.70 bits per heavy atom. The lowest BCUT2D eigenvalue weighted by molar-refractivity contribution is 0.510. The first kappa shape index (κ1) is 6.61. The standard InChI is InChI=1S/C7H7NO2/c1-5(9)6-3-2-4-7(10)8-6/h2-4,9H,1H2,(H,8,10). The van der Waals surface area contributed by atoms with Crippen molar-refractivity contribution in [1.82, 2.24) is 4.98 Å². The molecule has 0 unspecified atom stereocenters. The molecule has 0 bridgehead atoms. The lowest BCUT2D eigenvalue weighted by Crippen LogP contribution is -2.04. The third-order valence-electron chi connectivity index (χ3n) is 1.08. The first-order valence-electron chi connectivity index (χ1n) is 2.78. The Balaban J connectivity index is 3.20. The molecular weight excluding hydrogens is 130 g/mol. The summed E-state index contributed by atoms with van der Waals surface area (Å²) in [4.78, 5) is 13.0. The molecule has 0 aliphatic heterocycles. The molecule has 1 aromatic heterocycles. The van der Waals surface area contributed by atoms with Crippen LogP contribution in [-0.4, -0.2) is 10.1 Å². The second-order valence-corrected chi connectivity index (χ2v) is 1.88. The van der Waals surface area contributed by atoms with Gasteiger partial charge < -0.3 is 10.1 Å². The lowest BCUT2D eigenvalue weighted by Gasteiger charge is -1.94. The molecular formula is C7H7NO2. The Kier molecular flexibility index (Phi) is 1.58. The molecule has 1 heterocycles. The summed E-state index contributed by atoms with van der Waals surface area (Å²) in [5.74, 6) is -0.127. The maximum absolute atomic E-state index is 10.6. The second kappa shape index (κ2) is 2.39. The van der Waals surface area contributed by atoms with Gasteiger partial charge in [-0.2, -0.15) is 0 Å².